The average molecular weight is 463 g/mol. The number of aromatic nitrogens is 3. The molecule has 2 aliphatic rings. The molecule has 0 radical (unpaired) electrons. The SMILES string of the molecule is CN1CCN(c2ccc3nc(-c4c(C5CCNC5)c5cc(Cl)ccc5[nH]c4=O)[nH]c3c2)CC1. The van der Waals surface area contributed by atoms with Crippen molar-refractivity contribution >= 4 is 39.2 Å². The van der Waals surface area contributed by atoms with Crippen molar-refractivity contribution in [2.45, 2.75) is 12.3 Å². The number of aromatic amines is 2. The number of hydrogen-bond donors (Lipinski definition) is 3. The molecule has 8 heteroatoms. The molecule has 4 aromatic rings. The third kappa shape index (κ3) is 3.70. The summed E-state index contributed by atoms with van der Waals surface area (Å²) in [6.45, 7) is 5.90. The molecule has 33 heavy (non-hydrogen) atoms. The van der Waals surface area contributed by atoms with Gasteiger partial charge in [0.15, 0.2) is 0 Å². The molecule has 0 spiro atoms. The fourth-order valence-electron chi connectivity index (χ4n) is 5.23. The standard InChI is InChI=1S/C25H27ClN6O/c1-31-8-10-32(11-9-31)17-3-5-20-21(13-17)29-24(28-20)23-22(15-6-7-27-14-15)18-12-16(26)2-4-19(18)30-25(23)33/h2-5,12-13,15,27H,6-11,14H2,1H3,(H,28,29)(H,30,33). The lowest BCUT2D eigenvalue weighted by atomic mass is 9.90. The van der Waals surface area contributed by atoms with E-state index in [9.17, 15) is 4.79 Å². The predicted molar refractivity (Wildman–Crippen MR) is 135 cm³/mol. The zero-order valence-corrected chi connectivity index (χ0v) is 19.4. The summed E-state index contributed by atoms with van der Waals surface area (Å²) in [6.07, 6.45) is 0.978. The van der Waals surface area contributed by atoms with E-state index in [4.69, 9.17) is 16.6 Å². The number of nitrogens with one attached hydrogen (secondary N) is 3. The van der Waals surface area contributed by atoms with Crippen molar-refractivity contribution in [1.29, 1.82) is 0 Å². The maximum Gasteiger partial charge on any atom is 0.259 e. The van der Waals surface area contributed by atoms with Gasteiger partial charge in [-0.2, -0.15) is 0 Å². The summed E-state index contributed by atoms with van der Waals surface area (Å²) in [5.41, 5.74) is 5.33. The summed E-state index contributed by atoms with van der Waals surface area (Å²) in [4.78, 5) is 29.4. The first-order valence-corrected chi connectivity index (χ1v) is 11.9. The molecule has 7 nitrogen and oxygen atoms in total. The monoisotopic (exact) mass is 462 g/mol. The highest BCUT2D eigenvalue weighted by Crippen LogP contribution is 2.36. The average Bonchev–Trinajstić information content (AvgIpc) is 3.48. The molecule has 6 rings (SSSR count). The fraction of sp³-hybridized carbons (Fsp3) is 0.360. The quantitative estimate of drug-likeness (QED) is 0.434. The van der Waals surface area contributed by atoms with Crippen LogP contribution in [0.15, 0.2) is 41.2 Å². The van der Waals surface area contributed by atoms with Crippen molar-refractivity contribution < 1.29 is 0 Å². The molecular weight excluding hydrogens is 436 g/mol. The van der Waals surface area contributed by atoms with Crippen LogP contribution in [0, 0.1) is 0 Å². The van der Waals surface area contributed by atoms with Crippen LogP contribution in [-0.4, -0.2) is 66.2 Å². The second-order valence-electron chi connectivity index (χ2n) is 9.20. The number of hydrogen-bond acceptors (Lipinski definition) is 5. The van der Waals surface area contributed by atoms with Crippen molar-refractivity contribution in [2.75, 3.05) is 51.2 Å². The molecule has 1 atom stereocenters. The van der Waals surface area contributed by atoms with Gasteiger partial charge in [-0.25, -0.2) is 4.98 Å². The Balaban J connectivity index is 1.49. The van der Waals surface area contributed by atoms with E-state index in [0.717, 1.165) is 73.2 Å². The van der Waals surface area contributed by atoms with Crippen LogP contribution < -0.4 is 15.8 Å². The summed E-state index contributed by atoms with van der Waals surface area (Å²) in [5.74, 6) is 0.850. The molecule has 2 aromatic heterocycles. The smallest absolute Gasteiger partial charge is 0.259 e. The maximum atomic E-state index is 13.3. The van der Waals surface area contributed by atoms with Crippen LogP contribution in [0.25, 0.3) is 33.3 Å². The Morgan fingerprint density at radius 3 is 2.67 bits per heavy atom. The topological polar surface area (TPSA) is 80.0 Å². The van der Waals surface area contributed by atoms with E-state index < -0.39 is 0 Å². The Bertz CT molecular complexity index is 1400. The zero-order chi connectivity index (χ0) is 22.5. The van der Waals surface area contributed by atoms with E-state index in [-0.39, 0.29) is 11.5 Å². The van der Waals surface area contributed by atoms with Crippen LogP contribution in [-0.2, 0) is 0 Å². The molecule has 0 bridgehead atoms. The molecule has 1 unspecified atom stereocenters. The zero-order valence-electron chi connectivity index (χ0n) is 18.6. The lowest BCUT2D eigenvalue weighted by molar-refractivity contribution is 0.313. The molecule has 2 saturated heterocycles. The minimum absolute atomic E-state index is 0.120. The van der Waals surface area contributed by atoms with Gasteiger partial charge in [-0.15, -0.1) is 0 Å². The van der Waals surface area contributed by atoms with Crippen LogP contribution in [0.2, 0.25) is 5.02 Å². The van der Waals surface area contributed by atoms with Crippen LogP contribution >= 0.6 is 11.6 Å². The third-order valence-corrected chi connectivity index (χ3v) is 7.29. The minimum Gasteiger partial charge on any atom is -0.369 e. The second kappa shape index (κ2) is 8.17. The Labute approximate surface area is 196 Å². The Morgan fingerprint density at radius 1 is 1.03 bits per heavy atom. The predicted octanol–water partition coefficient (Wildman–Crippen LogP) is 3.55. The summed E-state index contributed by atoms with van der Waals surface area (Å²) in [6, 6.07) is 12.0. The number of fused-ring (bicyclic) bond motifs is 2. The molecule has 2 fully saturated rings. The Morgan fingerprint density at radius 2 is 1.88 bits per heavy atom. The molecular formula is C25H27ClN6O. The van der Waals surface area contributed by atoms with E-state index >= 15 is 0 Å². The van der Waals surface area contributed by atoms with E-state index in [2.05, 4.69) is 44.3 Å². The van der Waals surface area contributed by atoms with E-state index in [0.29, 0.717) is 16.4 Å². The Kier molecular flexibility index (Phi) is 5.13. The number of anilines is 1. The minimum atomic E-state index is -0.120. The number of imidazole rings is 1. The number of nitrogens with zero attached hydrogens (tertiary/aromatic N) is 3. The summed E-state index contributed by atoms with van der Waals surface area (Å²) < 4.78 is 0. The number of halogens is 1. The van der Waals surface area contributed by atoms with Gasteiger partial charge in [0, 0.05) is 54.3 Å². The molecule has 2 aromatic carbocycles. The number of piperazine rings is 1. The summed E-state index contributed by atoms with van der Waals surface area (Å²) in [7, 11) is 2.16. The molecule has 0 aliphatic carbocycles. The first-order valence-electron chi connectivity index (χ1n) is 11.6. The number of rotatable bonds is 3. The van der Waals surface area contributed by atoms with Crippen LogP contribution in [0.3, 0.4) is 0 Å². The van der Waals surface area contributed by atoms with Crippen molar-refractivity contribution in [3.05, 3.63) is 57.3 Å². The highest BCUT2D eigenvalue weighted by Gasteiger charge is 2.27. The van der Waals surface area contributed by atoms with E-state index in [1.165, 1.54) is 5.69 Å². The van der Waals surface area contributed by atoms with Crippen LogP contribution in [0.1, 0.15) is 17.9 Å². The molecule has 0 amide bonds. The molecule has 2 aliphatic heterocycles. The van der Waals surface area contributed by atoms with Crippen molar-refractivity contribution in [3.8, 4) is 11.4 Å². The van der Waals surface area contributed by atoms with Gasteiger partial charge in [-0.3, -0.25) is 4.79 Å². The van der Waals surface area contributed by atoms with Gasteiger partial charge in [-0.1, -0.05) is 11.6 Å². The Hall–Kier alpha value is -2.87. The summed E-state index contributed by atoms with van der Waals surface area (Å²) in [5, 5.41) is 5.09. The van der Waals surface area contributed by atoms with Gasteiger partial charge >= 0.3 is 0 Å². The van der Waals surface area contributed by atoms with Gasteiger partial charge in [0.25, 0.3) is 5.56 Å². The van der Waals surface area contributed by atoms with Gasteiger partial charge in [-0.05, 0) is 67.9 Å². The first kappa shape index (κ1) is 20.7. The molecule has 3 N–H and O–H groups in total. The van der Waals surface area contributed by atoms with Gasteiger partial charge in [0.2, 0.25) is 0 Å². The maximum absolute atomic E-state index is 13.3. The molecule has 4 heterocycles. The van der Waals surface area contributed by atoms with Crippen molar-refractivity contribution in [1.82, 2.24) is 25.2 Å². The normalized spacial score (nSPS) is 19.7. The van der Waals surface area contributed by atoms with Gasteiger partial charge in [0.05, 0.1) is 16.6 Å². The number of likely N-dealkylation sites (N-methyl/N-ethyl adjacent to an activating group) is 1. The third-order valence-electron chi connectivity index (χ3n) is 7.06. The molecule has 170 valence electrons. The lowest BCUT2D eigenvalue weighted by Crippen LogP contribution is -2.44. The van der Waals surface area contributed by atoms with Crippen LogP contribution in [0.5, 0.6) is 0 Å². The van der Waals surface area contributed by atoms with Gasteiger partial charge < -0.3 is 25.1 Å². The highest BCUT2D eigenvalue weighted by molar-refractivity contribution is 6.31. The van der Waals surface area contributed by atoms with Gasteiger partial charge in [0.1, 0.15) is 5.82 Å². The summed E-state index contributed by atoms with van der Waals surface area (Å²) >= 11 is 6.36. The number of H-pyrrole nitrogens is 2. The first-order chi connectivity index (χ1) is 16.1. The van der Waals surface area contributed by atoms with E-state index in [1.807, 2.05) is 24.3 Å². The van der Waals surface area contributed by atoms with E-state index in [1.54, 1.807) is 0 Å². The molecule has 0 saturated carbocycles. The largest absolute Gasteiger partial charge is 0.369 e. The number of benzene rings is 2. The lowest BCUT2D eigenvalue weighted by Gasteiger charge is -2.34. The number of pyridine rings is 1. The second-order valence-corrected chi connectivity index (χ2v) is 9.64. The fourth-order valence-corrected chi connectivity index (χ4v) is 5.40. The highest BCUT2D eigenvalue weighted by atomic mass is 35.5. The van der Waals surface area contributed by atoms with Crippen molar-refractivity contribution in [3.63, 3.8) is 0 Å². The van der Waals surface area contributed by atoms with Crippen LogP contribution in [0.4, 0.5) is 5.69 Å². The van der Waals surface area contributed by atoms with Crippen molar-refractivity contribution in [2.24, 2.45) is 0 Å².